The lowest BCUT2D eigenvalue weighted by Gasteiger charge is -2.12. The van der Waals surface area contributed by atoms with E-state index in [2.05, 4.69) is 15.2 Å². The number of aryl methyl sites for hydroxylation is 1. The Morgan fingerprint density at radius 3 is 2.42 bits per heavy atom. The summed E-state index contributed by atoms with van der Waals surface area (Å²) in [7, 11) is -1.52. The molecule has 0 amide bonds. The molecule has 0 fully saturated rings. The van der Waals surface area contributed by atoms with Gasteiger partial charge in [0, 0.05) is 43.1 Å². The van der Waals surface area contributed by atoms with Gasteiger partial charge in [-0.2, -0.15) is 5.10 Å². The summed E-state index contributed by atoms with van der Waals surface area (Å²) in [4.78, 5) is 34.0. The van der Waals surface area contributed by atoms with Crippen LogP contribution in [0.5, 0.6) is 0 Å². The van der Waals surface area contributed by atoms with Gasteiger partial charge in [0.1, 0.15) is 4.90 Å². The third kappa shape index (κ3) is 5.27. The fourth-order valence-electron chi connectivity index (χ4n) is 2.76. The Kier molecular flexibility index (Phi) is 6.65. The number of nitrogens with one attached hydrogen (secondary N) is 2. The Balaban J connectivity index is 1.98. The van der Waals surface area contributed by atoms with E-state index in [4.69, 9.17) is 11.6 Å². The summed E-state index contributed by atoms with van der Waals surface area (Å²) in [6.45, 7) is 0. The van der Waals surface area contributed by atoms with E-state index in [0.717, 1.165) is 22.9 Å². The van der Waals surface area contributed by atoms with E-state index < -0.39 is 36.8 Å². The van der Waals surface area contributed by atoms with E-state index in [-0.39, 0.29) is 16.9 Å². The minimum Gasteiger partial charge on any atom is -0.303 e. The van der Waals surface area contributed by atoms with E-state index in [9.17, 15) is 28.1 Å². The number of nitrogens with zero attached hydrogens (tertiary/aromatic N) is 4. The van der Waals surface area contributed by atoms with Crippen molar-refractivity contribution in [3.05, 3.63) is 90.2 Å². The highest BCUT2D eigenvalue weighted by Gasteiger charge is 2.22. The molecule has 2 aromatic carbocycles. The van der Waals surface area contributed by atoms with Crippen LogP contribution in [0.4, 0.5) is 17.1 Å². The first kappa shape index (κ1) is 23.7. The van der Waals surface area contributed by atoms with Gasteiger partial charge in [0.05, 0.1) is 22.4 Å². The SMILES string of the molecule is Cn1cc(/C=N/Nc2ccc([N+](=O)[O-])cc2S(=O)(=O)Nc2ccc(Cl)cc2)c(=O)n(C)c1=O. The van der Waals surface area contributed by atoms with Crippen molar-refractivity contribution in [3.63, 3.8) is 0 Å². The van der Waals surface area contributed by atoms with Crippen LogP contribution < -0.4 is 21.4 Å². The van der Waals surface area contributed by atoms with Crippen LogP contribution >= 0.6 is 11.6 Å². The van der Waals surface area contributed by atoms with Gasteiger partial charge in [-0.1, -0.05) is 11.6 Å². The summed E-state index contributed by atoms with van der Waals surface area (Å²) in [5.41, 5.74) is 1.06. The lowest BCUT2D eigenvalue weighted by molar-refractivity contribution is -0.385. The summed E-state index contributed by atoms with van der Waals surface area (Å²) < 4.78 is 30.3. The fourth-order valence-corrected chi connectivity index (χ4v) is 4.12. The van der Waals surface area contributed by atoms with Gasteiger partial charge in [-0.05, 0) is 30.3 Å². The summed E-state index contributed by atoms with van der Waals surface area (Å²) in [5.74, 6) is 0. The average molecular weight is 493 g/mol. The van der Waals surface area contributed by atoms with Gasteiger partial charge in [0.2, 0.25) is 0 Å². The molecule has 0 atom stereocenters. The van der Waals surface area contributed by atoms with E-state index in [1.165, 1.54) is 55.2 Å². The van der Waals surface area contributed by atoms with Crippen LogP contribution in [0.15, 0.2) is 68.2 Å². The number of anilines is 2. The molecule has 0 aliphatic carbocycles. The molecule has 0 unspecified atom stereocenters. The van der Waals surface area contributed by atoms with Crippen LogP contribution in [-0.2, 0) is 24.1 Å². The first-order valence-corrected chi connectivity index (χ1v) is 11.0. The highest BCUT2D eigenvalue weighted by atomic mass is 35.5. The number of halogens is 1. The Hall–Kier alpha value is -3.97. The molecule has 0 saturated carbocycles. The van der Waals surface area contributed by atoms with Crippen LogP contribution in [-0.4, -0.2) is 28.7 Å². The molecule has 2 N–H and O–H groups in total. The number of non-ortho nitro benzene ring substituents is 1. The third-order valence-electron chi connectivity index (χ3n) is 4.42. The van der Waals surface area contributed by atoms with Crippen molar-refractivity contribution < 1.29 is 13.3 Å². The van der Waals surface area contributed by atoms with Gasteiger partial charge in [-0.3, -0.25) is 29.6 Å². The second-order valence-corrected chi connectivity index (χ2v) is 8.85. The predicted octanol–water partition coefficient (Wildman–Crippen LogP) is 1.89. The molecule has 12 nitrogen and oxygen atoms in total. The number of nitro benzene ring substituents is 1. The van der Waals surface area contributed by atoms with Crippen molar-refractivity contribution >= 4 is 44.9 Å². The number of sulfonamides is 1. The second-order valence-electron chi connectivity index (χ2n) is 6.76. The number of hydrogen-bond donors (Lipinski definition) is 2. The molecule has 0 saturated heterocycles. The van der Waals surface area contributed by atoms with Crippen molar-refractivity contribution in [2.45, 2.75) is 4.90 Å². The van der Waals surface area contributed by atoms with Crippen LogP contribution in [0.1, 0.15) is 5.56 Å². The maximum atomic E-state index is 12.9. The maximum absolute atomic E-state index is 12.9. The van der Waals surface area contributed by atoms with Crippen LogP contribution in [0.25, 0.3) is 0 Å². The Morgan fingerprint density at radius 2 is 1.79 bits per heavy atom. The lowest BCUT2D eigenvalue weighted by Crippen LogP contribution is -2.38. The van der Waals surface area contributed by atoms with Crippen molar-refractivity contribution in [3.8, 4) is 0 Å². The van der Waals surface area contributed by atoms with Crippen molar-refractivity contribution in [1.29, 1.82) is 0 Å². The number of benzene rings is 2. The number of hydrogen-bond acceptors (Lipinski definition) is 8. The van der Waals surface area contributed by atoms with Crippen molar-refractivity contribution in [2.75, 3.05) is 10.1 Å². The van der Waals surface area contributed by atoms with E-state index in [1.54, 1.807) is 0 Å². The largest absolute Gasteiger partial charge is 0.330 e. The number of hydrazone groups is 1. The first-order valence-electron chi connectivity index (χ1n) is 9.12. The Morgan fingerprint density at radius 1 is 1.12 bits per heavy atom. The topological polar surface area (TPSA) is 158 Å². The standard InChI is InChI=1S/C19H17ClN6O6S/c1-24-11-12(18(27)25(2)19(24)28)10-21-22-16-8-7-15(26(29)30)9-17(16)33(31,32)23-14-5-3-13(20)4-6-14/h3-11,22-23H,1-2H3/b21-10+. The minimum atomic E-state index is -4.28. The lowest BCUT2D eigenvalue weighted by atomic mass is 10.3. The predicted molar refractivity (Wildman–Crippen MR) is 123 cm³/mol. The minimum absolute atomic E-state index is 0.0534. The summed E-state index contributed by atoms with van der Waals surface area (Å²) in [6.07, 6.45) is 2.37. The zero-order chi connectivity index (χ0) is 24.3. The molecular formula is C19H17ClN6O6S. The van der Waals surface area contributed by atoms with E-state index >= 15 is 0 Å². The van der Waals surface area contributed by atoms with Gasteiger partial charge in [-0.15, -0.1) is 0 Å². The molecule has 172 valence electrons. The van der Waals surface area contributed by atoms with Gasteiger partial charge in [0.25, 0.3) is 21.3 Å². The zero-order valence-corrected chi connectivity index (χ0v) is 18.8. The van der Waals surface area contributed by atoms with E-state index in [0.29, 0.717) is 5.02 Å². The number of aromatic nitrogens is 2. The van der Waals surface area contributed by atoms with Crippen molar-refractivity contribution in [1.82, 2.24) is 9.13 Å². The first-order chi connectivity index (χ1) is 15.5. The number of nitro groups is 1. The van der Waals surface area contributed by atoms with Crippen molar-refractivity contribution in [2.24, 2.45) is 19.2 Å². The molecule has 1 heterocycles. The normalized spacial score (nSPS) is 11.5. The van der Waals surface area contributed by atoms with Crippen LogP contribution in [0.2, 0.25) is 5.02 Å². The Bertz CT molecular complexity index is 1480. The summed E-state index contributed by atoms with van der Waals surface area (Å²) in [5, 5.41) is 15.4. The molecule has 33 heavy (non-hydrogen) atoms. The molecule has 0 bridgehead atoms. The molecule has 3 aromatic rings. The molecular weight excluding hydrogens is 476 g/mol. The summed E-state index contributed by atoms with van der Waals surface area (Å²) in [6, 6.07) is 8.96. The molecule has 0 spiro atoms. The third-order valence-corrected chi connectivity index (χ3v) is 6.10. The molecule has 14 heteroatoms. The molecule has 1 aromatic heterocycles. The highest BCUT2D eigenvalue weighted by Crippen LogP contribution is 2.28. The maximum Gasteiger partial charge on any atom is 0.330 e. The summed E-state index contributed by atoms with van der Waals surface area (Å²) >= 11 is 5.81. The highest BCUT2D eigenvalue weighted by molar-refractivity contribution is 7.92. The Labute approximate surface area is 192 Å². The van der Waals surface area contributed by atoms with Gasteiger partial charge in [-0.25, -0.2) is 13.2 Å². The number of rotatable bonds is 7. The average Bonchev–Trinajstić information content (AvgIpc) is 2.77. The quantitative estimate of drug-likeness (QED) is 0.289. The molecule has 0 radical (unpaired) electrons. The molecule has 0 aliphatic rings. The molecule has 3 rings (SSSR count). The van der Waals surface area contributed by atoms with Gasteiger partial charge < -0.3 is 4.57 Å². The smallest absolute Gasteiger partial charge is 0.303 e. The second kappa shape index (κ2) is 9.26. The zero-order valence-electron chi connectivity index (χ0n) is 17.2. The van der Waals surface area contributed by atoms with Crippen LogP contribution in [0.3, 0.4) is 0 Å². The monoisotopic (exact) mass is 492 g/mol. The van der Waals surface area contributed by atoms with E-state index in [1.807, 2.05) is 0 Å². The van der Waals surface area contributed by atoms with Gasteiger partial charge in [0.15, 0.2) is 0 Å². The van der Waals surface area contributed by atoms with Gasteiger partial charge >= 0.3 is 5.69 Å². The van der Waals surface area contributed by atoms with Crippen LogP contribution in [0, 0.1) is 10.1 Å². The molecule has 0 aliphatic heterocycles. The fraction of sp³-hybridized carbons (Fsp3) is 0.105.